The first-order chi connectivity index (χ1) is 21.3. The fourth-order valence-corrected chi connectivity index (χ4v) is 4.80. The zero-order valence-electron chi connectivity index (χ0n) is 27.3. The maximum atomic E-state index is 14.4. The first kappa shape index (κ1) is 37.5. The van der Waals surface area contributed by atoms with Crippen molar-refractivity contribution >= 4 is 27.3 Å². The van der Waals surface area contributed by atoms with Crippen LogP contribution in [0.15, 0.2) is 66.6 Å². The molecule has 0 amide bonds. The van der Waals surface area contributed by atoms with Gasteiger partial charge in [0.1, 0.15) is 5.76 Å². The van der Waals surface area contributed by atoms with Gasteiger partial charge in [-0.3, -0.25) is 4.79 Å². The standard InChI is InChI=1S/C27H15F5N.C11H20O2.Ir/c1-13-9-14(2)11-17(10-13)27-19-6-5-15-3-4-16(12-20(15)18(19)7-8-33-27)21-22(28)24(30)26(32)25(31)23(21)29;1-10(2,3)8(12)7-9(13)11(4,5)6;/h3-10,12H,1-2H3;7,12H,1-6H3;/q-1;;/p+1/b;8-7-;. The van der Waals surface area contributed by atoms with Crippen molar-refractivity contribution in [3.05, 3.63) is 113 Å². The molecule has 3 nitrogen and oxygen atoms in total. The molecule has 0 bridgehead atoms. The molecule has 0 aliphatic carbocycles. The number of hydrogen-bond acceptors (Lipinski definition) is 2. The monoisotopic (exact) mass is 826 g/mol. The van der Waals surface area contributed by atoms with Gasteiger partial charge in [0.15, 0.2) is 23.3 Å². The van der Waals surface area contributed by atoms with Gasteiger partial charge in [0.2, 0.25) is 5.82 Å². The van der Waals surface area contributed by atoms with E-state index in [0.717, 1.165) is 32.8 Å². The van der Waals surface area contributed by atoms with Gasteiger partial charge >= 0.3 is 5.78 Å². The summed E-state index contributed by atoms with van der Waals surface area (Å²) >= 11 is 0. The topological polar surface area (TPSA) is 54.5 Å². The molecule has 1 heterocycles. The summed E-state index contributed by atoms with van der Waals surface area (Å²) in [6.07, 6.45) is 3.06. The van der Waals surface area contributed by atoms with Crippen molar-refractivity contribution in [1.82, 2.24) is 4.98 Å². The number of aromatic nitrogens is 1. The Balaban J connectivity index is 0.000000367. The van der Waals surface area contributed by atoms with Gasteiger partial charge < -0.3 is 10.1 Å². The number of aliphatic hydroxyl groups is 1. The van der Waals surface area contributed by atoms with E-state index in [1.165, 1.54) is 18.2 Å². The number of fused-ring (bicyclic) bond motifs is 3. The quantitative estimate of drug-likeness (QED) is 0.0288. The minimum atomic E-state index is -2.18. The van der Waals surface area contributed by atoms with Gasteiger partial charge in [-0.1, -0.05) is 58.9 Å². The summed E-state index contributed by atoms with van der Waals surface area (Å²) in [7, 11) is 0. The number of aryl methyl sites for hydroxylation is 2. The number of pyridine rings is 1. The number of allylic oxidation sites excluding steroid dienone is 2. The van der Waals surface area contributed by atoms with E-state index in [2.05, 4.69) is 11.1 Å². The zero-order valence-corrected chi connectivity index (χ0v) is 29.7. The van der Waals surface area contributed by atoms with E-state index in [1.54, 1.807) is 18.3 Å². The molecular formula is C38H36F5IrNO2. The van der Waals surface area contributed by atoms with Crippen molar-refractivity contribution in [2.24, 2.45) is 10.8 Å². The molecule has 0 aliphatic rings. The van der Waals surface area contributed by atoms with Crippen molar-refractivity contribution < 1.29 is 52.0 Å². The predicted octanol–water partition coefficient (Wildman–Crippen LogP) is 10.9. The van der Waals surface area contributed by atoms with Crippen LogP contribution in [-0.4, -0.2) is 20.7 Å². The normalized spacial score (nSPS) is 12.1. The van der Waals surface area contributed by atoms with Crippen LogP contribution in [0.3, 0.4) is 0 Å². The number of carbonyl (C=O) groups excluding carboxylic acids is 1. The maximum Gasteiger partial charge on any atom is 0.325 e. The summed E-state index contributed by atoms with van der Waals surface area (Å²) in [5.41, 5.74) is 1.81. The van der Waals surface area contributed by atoms with E-state index in [0.29, 0.717) is 11.1 Å². The Morgan fingerprint density at radius 2 is 1.32 bits per heavy atom. The number of benzene rings is 4. The van der Waals surface area contributed by atoms with E-state index in [-0.39, 0.29) is 48.0 Å². The van der Waals surface area contributed by atoms with Crippen LogP contribution in [0.1, 0.15) is 52.7 Å². The Morgan fingerprint density at radius 3 is 1.87 bits per heavy atom. The van der Waals surface area contributed by atoms with E-state index < -0.39 is 34.6 Å². The molecule has 9 heteroatoms. The molecule has 0 atom stereocenters. The number of aliphatic hydroxyl groups excluding tert-OH is 1. The van der Waals surface area contributed by atoms with Crippen LogP contribution in [-0.2, 0) is 20.1 Å². The molecule has 249 valence electrons. The molecule has 0 saturated carbocycles. The average Bonchev–Trinajstić information content (AvgIpc) is 2.97. The van der Waals surface area contributed by atoms with Crippen LogP contribution in [0.5, 0.6) is 0 Å². The maximum absolute atomic E-state index is 14.4. The third kappa shape index (κ3) is 7.96. The summed E-state index contributed by atoms with van der Waals surface area (Å²) in [6, 6.07) is 17.1. The molecule has 0 spiro atoms. The summed E-state index contributed by atoms with van der Waals surface area (Å²) in [4.78, 5) is 14.1. The van der Waals surface area contributed by atoms with Gasteiger partial charge in [0, 0.05) is 31.7 Å². The third-order valence-electron chi connectivity index (χ3n) is 7.48. The van der Waals surface area contributed by atoms with Gasteiger partial charge in [-0.05, 0) is 65.7 Å². The van der Waals surface area contributed by atoms with Crippen molar-refractivity contribution in [2.75, 3.05) is 0 Å². The van der Waals surface area contributed by atoms with E-state index in [1.807, 2.05) is 79.7 Å². The molecule has 5 rings (SSSR count). The van der Waals surface area contributed by atoms with Crippen LogP contribution in [0.25, 0.3) is 43.9 Å². The minimum absolute atomic E-state index is 0. The Labute approximate surface area is 284 Å². The molecule has 5 aromatic rings. The smallest absolute Gasteiger partial charge is 0.325 e. The van der Waals surface area contributed by atoms with Crippen LogP contribution in [0.2, 0.25) is 0 Å². The number of nitrogens with zero attached hydrogens (tertiary/aromatic N) is 1. The Hall–Kier alpha value is -3.94. The molecule has 0 fully saturated rings. The van der Waals surface area contributed by atoms with Gasteiger partial charge in [0.25, 0.3) is 0 Å². The second-order valence-corrected chi connectivity index (χ2v) is 13.4. The molecule has 0 aliphatic heterocycles. The predicted molar refractivity (Wildman–Crippen MR) is 175 cm³/mol. The summed E-state index contributed by atoms with van der Waals surface area (Å²) in [6.45, 7) is 15.3. The van der Waals surface area contributed by atoms with Crippen molar-refractivity contribution in [2.45, 2.75) is 55.4 Å². The molecule has 1 radical (unpaired) electrons. The summed E-state index contributed by atoms with van der Waals surface area (Å²) in [5.74, 6) is -9.44. The van der Waals surface area contributed by atoms with Crippen LogP contribution in [0, 0.1) is 59.8 Å². The van der Waals surface area contributed by atoms with Crippen LogP contribution < -0.4 is 0 Å². The van der Waals surface area contributed by atoms with Crippen molar-refractivity contribution in [3.8, 4) is 22.4 Å². The molecule has 0 unspecified atom stereocenters. The fraction of sp³-hybridized carbons (Fsp3) is 0.263. The SMILES string of the molecule is CC(C)(C)C(=[OH+])/C=C(\O)C(C)(C)C.Cc1[c-]c(-c2nccc3c2ccc2ccc(-c4c(F)c(F)c(F)c(F)c4F)cc23)cc(C)c1.[Ir]. The van der Waals surface area contributed by atoms with Gasteiger partial charge in [-0.2, -0.15) is 0 Å². The van der Waals surface area contributed by atoms with Gasteiger partial charge in [-0.25, -0.2) is 22.0 Å². The molecule has 0 saturated heterocycles. The van der Waals surface area contributed by atoms with E-state index in [9.17, 15) is 31.9 Å². The molecule has 2 N–H and O–H groups in total. The Kier molecular flexibility index (Phi) is 11.2. The van der Waals surface area contributed by atoms with Crippen molar-refractivity contribution in [3.63, 3.8) is 0 Å². The van der Waals surface area contributed by atoms with E-state index in [4.69, 9.17) is 0 Å². The first-order valence-electron chi connectivity index (χ1n) is 14.6. The fourth-order valence-electron chi connectivity index (χ4n) is 4.80. The van der Waals surface area contributed by atoms with Gasteiger partial charge in [0.05, 0.1) is 17.1 Å². The summed E-state index contributed by atoms with van der Waals surface area (Å²) < 4.78 is 69.9. The molecule has 1 aromatic heterocycles. The van der Waals surface area contributed by atoms with Crippen LogP contribution in [0.4, 0.5) is 22.0 Å². The summed E-state index contributed by atoms with van der Waals surface area (Å²) in [5, 5.41) is 12.5. The molecule has 4 aromatic carbocycles. The number of ketones is 1. The second kappa shape index (κ2) is 14.0. The number of halogens is 5. The molecule has 47 heavy (non-hydrogen) atoms. The van der Waals surface area contributed by atoms with Gasteiger partial charge in [-0.15, -0.1) is 34.9 Å². The zero-order chi connectivity index (χ0) is 34.3. The first-order valence-corrected chi connectivity index (χ1v) is 14.6. The van der Waals surface area contributed by atoms with Crippen molar-refractivity contribution in [1.29, 1.82) is 0 Å². The molecular weight excluding hydrogens is 790 g/mol. The number of hydrogen-bond donors (Lipinski definition) is 1. The Morgan fingerprint density at radius 1 is 0.745 bits per heavy atom. The second-order valence-electron chi connectivity index (χ2n) is 13.4. The Bertz CT molecular complexity index is 1970. The average molecular weight is 826 g/mol. The minimum Gasteiger partial charge on any atom is -0.511 e. The third-order valence-corrected chi connectivity index (χ3v) is 7.48. The van der Waals surface area contributed by atoms with Crippen LogP contribution >= 0.6 is 0 Å². The largest absolute Gasteiger partial charge is 0.511 e. The van der Waals surface area contributed by atoms with E-state index >= 15 is 0 Å². The number of rotatable bonds is 3.